The van der Waals surface area contributed by atoms with Gasteiger partial charge in [0.05, 0.1) is 18.5 Å². The predicted molar refractivity (Wildman–Crippen MR) is 112 cm³/mol. The molecule has 0 aliphatic heterocycles. The van der Waals surface area contributed by atoms with E-state index in [1.807, 2.05) is 20.2 Å². The Labute approximate surface area is 178 Å². The molecule has 10 heteroatoms. The van der Waals surface area contributed by atoms with Crippen molar-refractivity contribution in [1.82, 2.24) is 14.9 Å². The summed E-state index contributed by atoms with van der Waals surface area (Å²) in [5.74, 6) is 1.30. The highest BCUT2D eigenvalue weighted by Gasteiger charge is 2.31. The van der Waals surface area contributed by atoms with E-state index in [2.05, 4.69) is 30.2 Å². The molecule has 3 aromatic rings. The van der Waals surface area contributed by atoms with Crippen molar-refractivity contribution in [2.75, 3.05) is 37.8 Å². The van der Waals surface area contributed by atoms with Crippen LogP contribution < -0.4 is 15.4 Å². The SMILES string of the molecule is CN(C)CCCNc1nc(NCc2ccco2)cc(-c2cccc(OC(F)(F)F)c2)n1. The van der Waals surface area contributed by atoms with Gasteiger partial charge >= 0.3 is 6.36 Å². The van der Waals surface area contributed by atoms with Crippen LogP contribution in [0.15, 0.2) is 53.1 Å². The first kappa shape index (κ1) is 22.4. The van der Waals surface area contributed by atoms with E-state index >= 15 is 0 Å². The maximum Gasteiger partial charge on any atom is 0.573 e. The standard InChI is InChI=1S/C21H24F3N5O2/c1-29(2)10-5-9-25-20-27-18(13-19(28-20)26-14-17-8-4-11-30-17)15-6-3-7-16(12-15)31-21(22,23)24/h3-4,6-8,11-13H,5,9-10,14H2,1-2H3,(H2,25,26,27,28). The highest BCUT2D eigenvalue weighted by atomic mass is 19.4. The van der Waals surface area contributed by atoms with Crippen molar-refractivity contribution >= 4 is 11.8 Å². The first-order valence-electron chi connectivity index (χ1n) is 9.68. The van der Waals surface area contributed by atoms with Gasteiger partial charge in [-0.25, -0.2) is 4.98 Å². The molecule has 166 valence electrons. The molecule has 2 N–H and O–H groups in total. The minimum atomic E-state index is -4.76. The summed E-state index contributed by atoms with van der Waals surface area (Å²) in [6, 6.07) is 11.0. The first-order chi connectivity index (χ1) is 14.8. The van der Waals surface area contributed by atoms with Crippen molar-refractivity contribution in [3.05, 3.63) is 54.5 Å². The van der Waals surface area contributed by atoms with Crippen LogP contribution in [0.2, 0.25) is 0 Å². The van der Waals surface area contributed by atoms with Crippen molar-refractivity contribution in [2.45, 2.75) is 19.3 Å². The van der Waals surface area contributed by atoms with Gasteiger partial charge in [0.15, 0.2) is 0 Å². The zero-order valence-corrected chi connectivity index (χ0v) is 17.2. The molecular weight excluding hydrogens is 411 g/mol. The molecule has 0 saturated carbocycles. The maximum atomic E-state index is 12.6. The number of nitrogens with one attached hydrogen (secondary N) is 2. The van der Waals surface area contributed by atoms with E-state index in [-0.39, 0.29) is 5.75 Å². The minimum absolute atomic E-state index is 0.311. The third kappa shape index (κ3) is 7.49. The molecule has 7 nitrogen and oxygen atoms in total. The van der Waals surface area contributed by atoms with Crippen LogP contribution in [0, 0.1) is 0 Å². The molecule has 0 unspecified atom stereocenters. The van der Waals surface area contributed by atoms with Crippen LogP contribution in [0.4, 0.5) is 24.9 Å². The molecule has 0 atom stereocenters. The molecule has 3 rings (SSSR count). The number of hydrogen-bond acceptors (Lipinski definition) is 7. The summed E-state index contributed by atoms with van der Waals surface area (Å²) in [6.45, 7) is 1.95. The van der Waals surface area contributed by atoms with Gasteiger partial charge in [0.1, 0.15) is 17.3 Å². The Morgan fingerprint density at radius 3 is 2.61 bits per heavy atom. The molecular formula is C21H24F3N5O2. The van der Waals surface area contributed by atoms with Gasteiger partial charge in [0.25, 0.3) is 0 Å². The Morgan fingerprint density at radius 1 is 1.06 bits per heavy atom. The molecule has 0 aliphatic carbocycles. The number of benzene rings is 1. The molecule has 31 heavy (non-hydrogen) atoms. The number of aromatic nitrogens is 2. The van der Waals surface area contributed by atoms with E-state index in [4.69, 9.17) is 4.42 Å². The summed E-state index contributed by atoms with van der Waals surface area (Å²) in [5, 5.41) is 6.33. The number of rotatable bonds is 10. The Kier molecular flexibility index (Phi) is 7.35. The smallest absolute Gasteiger partial charge is 0.467 e. The molecule has 1 aromatic carbocycles. The Bertz CT molecular complexity index is 962. The second kappa shape index (κ2) is 10.2. The van der Waals surface area contributed by atoms with Crippen molar-refractivity contribution in [3.63, 3.8) is 0 Å². The molecule has 0 fully saturated rings. The predicted octanol–water partition coefficient (Wildman–Crippen LogP) is 4.61. The van der Waals surface area contributed by atoms with Crippen LogP contribution >= 0.6 is 0 Å². The fourth-order valence-corrected chi connectivity index (χ4v) is 2.80. The van der Waals surface area contributed by atoms with Crippen LogP contribution in [0.25, 0.3) is 11.3 Å². The lowest BCUT2D eigenvalue weighted by Gasteiger charge is -2.13. The fourth-order valence-electron chi connectivity index (χ4n) is 2.80. The van der Waals surface area contributed by atoms with Crippen molar-refractivity contribution in [3.8, 4) is 17.0 Å². The third-order valence-electron chi connectivity index (χ3n) is 4.18. The molecule has 2 heterocycles. The van der Waals surface area contributed by atoms with Gasteiger partial charge in [0, 0.05) is 18.2 Å². The number of halogens is 3. The van der Waals surface area contributed by atoms with Crippen LogP contribution in [-0.4, -0.2) is 48.4 Å². The monoisotopic (exact) mass is 435 g/mol. The quantitative estimate of drug-likeness (QED) is 0.451. The highest BCUT2D eigenvalue weighted by Crippen LogP contribution is 2.28. The van der Waals surface area contributed by atoms with Crippen molar-refractivity contribution in [1.29, 1.82) is 0 Å². The summed E-state index contributed by atoms with van der Waals surface area (Å²) < 4.78 is 47.1. The Morgan fingerprint density at radius 2 is 1.90 bits per heavy atom. The van der Waals surface area contributed by atoms with Gasteiger partial charge < -0.3 is 24.7 Å². The molecule has 2 aromatic heterocycles. The second-order valence-electron chi connectivity index (χ2n) is 7.05. The van der Waals surface area contributed by atoms with Gasteiger partial charge in [-0.1, -0.05) is 12.1 Å². The highest BCUT2D eigenvalue weighted by molar-refractivity contribution is 5.65. The normalized spacial score (nSPS) is 11.5. The average molecular weight is 435 g/mol. The summed E-state index contributed by atoms with van der Waals surface area (Å²) in [5.41, 5.74) is 0.932. The molecule has 0 radical (unpaired) electrons. The second-order valence-corrected chi connectivity index (χ2v) is 7.05. The van der Waals surface area contributed by atoms with E-state index in [0.29, 0.717) is 36.1 Å². The van der Waals surface area contributed by atoms with Gasteiger partial charge in [-0.3, -0.25) is 0 Å². The zero-order valence-electron chi connectivity index (χ0n) is 17.2. The van der Waals surface area contributed by atoms with Crippen molar-refractivity contribution < 1.29 is 22.3 Å². The largest absolute Gasteiger partial charge is 0.573 e. The summed E-state index contributed by atoms with van der Waals surface area (Å²) >= 11 is 0. The van der Waals surface area contributed by atoms with Crippen LogP contribution in [0.3, 0.4) is 0 Å². The van der Waals surface area contributed by atoms with E-state index in [1.165, 1.54) is 18.2 Å². The van der Waals surface area contributed by atoms with E-state index in [1.54, 1.807) is 24.5 Å². The van der Waals surface area contributed by atoms with E-state index in [0.717, 1.165) is 18.7 Å². The zero-order chi connectivity index (χ0) is 22.3. The number of furan rings is 1. The number of alkyl halides is 3. The molecule has 0 aliphatic rings. The van der Waals surface area contributed by atoms with Gasteiger partial charge in [0.2, 0.25) is 5.95 Å². The lowest BCUT2D eigenvalue weighted by molar-refractivity contribution is -0.274. The van der Waals surface area contributed by atoms with Gasteiger partial charge in [-0.15, -0.1) is 13.2 Å². The third-order valence-corrected chi connectivity index (χ3v) is 4.18. The van der Waals surface area contributed by atoms with Gasteiger partial charge in [-0.2, -0.15) is 4.98 Å². The molecule has 0 amide bonds. The minimum Gasteiger partial charge on any atom is -0.467 e. The van der Waals surface area contributed by atoms with E-state index < -0.39 is 6.36 Å². The van der Waals surface area contributed by atoms with Crippen LogP contribution in [0.1, 0.15) is 12.2 Å². The number of anilines is 2. The fraction of sp³-hybridized carbons (Fsp3) is 0.333. The number of ether oxygens (including phenoxy) is 1. The topological polar surface area (TPSA) is 75.5 Å². The van der Waals surface area contributed by atoms with Crippen LogP contribution in [0.5, 0.6) is 5.75 Å². The van der Waals surface area contributed by atoms with Crippen LogP contribution in [-0.2, 0) is 6.54 Å². The Balaban J connectivity index is 1.82. The molecule has 0 spiro atoms. The Hall–Kier alpha value is -3.27. The lowest BCUT2D eigenvalue weighted by Crippen LogP contribution is -2.17. The number of nitrogens with zero attached hydrogens (tertiary/aromatic N) is 3. The average Bonchev–Trinajstić information content (AvgIpc) is 3.22. The summed E-state index contributed by atoms with van der Waals surface area (Å²) in [4.78, 5) is 11.0. The lowest BCUT2D eigenvalue weighted by atomic mass is 10.1. The number of hydrogen-bond donors (Lipinski definition) is 2. The maximum absolute atomic E-state index is 12.6. The molecule has 0 bridgehead atoms. The first-order valence-corrected chi connectivity index (χ1v) is 9.68. The summed E-state index contributed by atoms with van der Waals surface area (Å²) in [6.07, 6.45) is -2.31. The molecule has 0 saturated heterocycles. The van der Waals surface area contributed by atoms with Crippen molar-refractivity contribution in [2.24, 2.45) is 0 Å². The van der Waals surface area contributed by atoms with Gasteiger partial charge in [-0.05, 0) is 51.3 Å². The summed E-state index contributed by atoms with van der Waals surface area (Å²) in [7, 11) is 3.98. The van der Waals surface area contributed by atoms with E-state index in [9.17, 15) is 13.2 Å².